The number of hydrogen-bond donors (Lipinski definition) is 1. The van der Waals surface area contributed by atoms with E-state index in [0.717, 1.165) is 48.6 Å². The smallest absolute Gasteiger partial charge is 0.259 e. The lowest BCUT2D eigenvalue weighted by atomic mass is 10.1. The van der Waals surface area contributed by atoms with Gasteiger partial charge in [0.2, 0.25) is 0 Å². The quantitative estimate of drug-likeness (QED) is 0.914. The fourth-order valence-electron chi connectivity index (χ4n) is 3.17. The summed E-state index contributed by atoms with van der Waals surface area (Å²) in [5.41, 5.74) is 3.72. The van der Waals surface area contributed by atoms with Gasteiger partial charge in [-0.2, -0.15) is 0 Å². The van der Waals surface area contributed by atoms with Gasteiger partial charge in [-0.3, -0.25) is 4.79 Å². The fourth-order valence-corrected chi connectivity index (χ4v) is 3.17. The van der Waals surface area contributed by atoms with E-state index in [2.05, 4.69) is 21.3 Å². The van der Waals surface area contributed by atoms with Crippen molar-refractivity contribution in [3.63, 3.8) is 0 Å². The van der Waals surface area contributed by atoms with Crippen molar-refractivity contribution in [1.29, 1.82) is 0 Å². The maximum absolute atomic E-state index is 12.8. The van der Waals surface area contributed by atoms with Crippen LogP contribution < -0.4 is 10.2 Å². The average molecular weight is 323 g/mol. The van der Waals surface area contributed by atoms with Crippen molar-refractivity contribution in [3.05, 3.63) is 53.2 Å². The van der Waals surface area contributed by atoms with E-state index in [-0.39, 0.29) is 5.91 Å². The highest BCUT2D eigenvalue weighted by atomic mass is 16.1. The van der Waals surface area contributed by atoms with Crippen LogP contribution in [0.15, 0.2) is 36.5 Å². The van der Waals surface area contributed by atoms with Crippen molar-refractivity contribution >= 4 is 17.4 Å². The first-order chi connectivity index (χ1) is 11.6. The van der Waals surface area contributed by atoms with Crippen LogP contribution in [-0.2, 0) is 0 Å². The van der Waals surface area contributed by atoms with Crippen LogP contribution in [0.2, 0.25) is 0 Å². The number of pyridine rings is 1. The Kier molecular flexibility index (Phi) is 5.14. The summed E-state index contributed by atoms with van der Waals surface area (Å²) in [4.78, 5) is 19.6. The highest BCUT2D eigenvalue weighted by Gasteiger charge is 2.19. The van der Waals surface area contributed by atoms with Crippen molar-refractivity contribution in [2.24, 2.45) is 0 Å². The SMILES string of the molecule is Cc1ccc(C)c(NC(=O)c2cccnc2N2CCCCCC2)c1. The molecule has 4 heteroatoms. The second-order valence-electron chi connectivity index (χ2n) is 6.55. The molecule has 0 atom stereocenters. The fraction of sp³-hybridized carbons (Fsp3) is 0.400. The van der Waals surface area contributed by atoms with Crippen LogP contribution in [0.4, 0.5) is 11.5 Å². The number of aryl methyl sites for hydroxylation is 2. The molecule has 126 valence electrons. The molecule has 0 bridgehead atoms. The monoisotopic (exact) mass is 323 g/mol. The molecular formula is C20H25N3O. The Morgan fingerprint density at radius 3 is 2.58 bits per heavy atom. The van der Waals surface area contributed by atoms with Gasteiger partial charge in [0.15, 0.2) is 0 Å². The molecule has 0 unspecified atom stereocenters. The molecule has 0 spiro atoms. The molecule has 2 heterocycles. The number of nitrogens with zero attached hydrogens (tertiary/aromatic N) is 2. The summed E-state index contributed by atoms with van der Waals surface area (Å²) in [6.07, 6.45) is 6.61. The molecule has 1 amide bonds. The Morgan fingerprint density at radius 1 is 1.08 bits per heavy atom. The van der Waals surface area contributed by atoms with Gasteiger partial charge in [-0.1, -0.05) is 25.0 Å². The van der Waals surface area contributed by atoms with E-state index in [1.165, 1.54) is 12.8 Å². The average Bonchev–Trinajstić information content (AvgIpc) is 2.87. The zero-order chi connectivity index (χ0) is 16.9. The van der Waals surface area contributed by atoms with E-state index < -0.39 is 0 Å². The lowest BCUT2D eigenvalue weighted by Crippen LogP contribution is -2.28. The van der Waals surface area contributed by atoms with Crippen molar-refractivity contribution in [2.45, 2.75) is 39.5 Å². The third-order valence-electron chi connectivity index (χ3n) is 4.58. The van der Waals surface area contributed by atoms with Crippen LogP contribution in [0.5, 0.6) is 0 Å². The van der Waals surface area contributed by atoms with Gasteiger partial charge in [-0.15, -0.1) is 0 Å². The normalized spacial score (nSPS) is 15.0. The zero-order valence-electron chi connectivity index (χ0n) is 14.5. The van der Waals surface area contributed by atoms with Gasteiger partial charge < -0.3 is 10.2 Å². The molecule has 1 aromatic heterocycles. The lowest BCUT2D eigenvalue weighted by molar-refractivity contribution is 0.102. The van der Waals surface area contributed by atoms with E-state index >= 15 is 0 Å². The van der Waals surface area contributed by atoms with Crippen LogP contribution in [-0.4, -0.2) is 24.0 Å². The minimum Gasteiger partial charge on any atom is -0.356 e. The van der Waals surface area contributed by atoms with Gasteiger partial charge in [-0.25, -0.2) is 4.98 Å². The topological polar surface area (TPSA) is 45.2 Å². The van der Waals surface area contributed by atoms with Crippen molar-refractivity contribution in [3.8, 4) is 0 Å². The van der Waals surface area contributed by atoms with E-state index in [4.69, 9.17) is 0 Å². The second kappa shape index (κ2) is 7.47. The molecule has 3 rings (SSSR count). The number of amides is 1. The molecule has 1 saturated heterocycles. The van der Waals surface area contributed by atoms with Crippen LogP contribution >= 0.6 is 0 Å². The number of aromatic nitrogens is 1. The first kappa shape index (κ1) is 16.5. The molecular weight excluding hydrogens is 298 g/mol. The molecule has 4 nitrogen and oxygen atoms in total. The molecule has 0 aliphatic carbocycles. The van der Waals surface area contributed by atoms with Gasteiger partial charge in [0, 0.05) is 25.0 Å². The van der Waals surface area contributed by atoms with Crippen LogP contribution in [0.3, 0.4) is 0 Å². The Morgan fingerprint density at radius 2 is 1.83 bits per heavy atom. The summed E-state index contributed by atoms with van der Waals surface area (Å²) in [7, 11) is 0. The van der Waals surface area contributed by atoms with Gasteiger partial charge in [0.1, 0.15) is 5.82 Å². The number of nitrogens with one attached hydrogen (secondary N) is 1. The third-order valence-corrected chi connectivity index (χ3v) is 4.58. The number of rotatable bonds is 3. The molecule has 0 saturated carbocycles. The predicted octanol–water partition coefficient (Wildman–Crippen LogP) is 4.33. The molecule has 0 radical (unpaired) electrons. The van der Waals surface area contributed by atoms with Crippen LogP contribution in [0.25, 0.3) is 0 Å². The number of anilines is 2. The molecule has 1 aliphatic rings. The maximum Gasteiger partial charge on any atom is 0.259 e. The van der Waals surface area contributed by atoms with E-state index in [1.807, 2.05) is 38.1 Å². The number of carbonyl (C=O) groups excluding carboxylic acids is 1. The van der Waals surface area contributed by atoms with E-state index in [9.17, 15) is 4.79 Å². The summed E-state index contributed by atoms with van der Waals surface area (Å²) in [5, 5.41) is 3.06. The summed E-state index contributed by atoms with van der Waals surface area (Å²) in [6.45, 7) is 5.98. The van der Waals surface area contributed by atoms with Crippen molar-refractivity contribution in [1.82, 2.24) is 4.98 Å². The Balaban J connectivity index is 1.86. The summed E-state index contributed by atoms with van der Waals surface area (Å²) < 4.78 is 0. The second-order valence-corrected chi connectivity index (χ2v) is 6.55. The molecule has 1 aliphatic heterocycles. The lowest BCUT2D eigenvalue weighted by Gasteiger charge is -2.23. The predicted molar refractivity (Wildman–Crippen MR) is 98.8 cm³/mol. The summed E-state index contributed by atoms with van der Waals surface area (Å²) >= 11 is 0. The minimum absolute atomic E-state index is 0.0870. The highest BCUT2D eigenvalue weighted by molar-refractivity contribution is 6.07. The standard InChI is InChI=1S/C20H25N3O/c1-15-9-10-16(2)18(14-15)22-20(24)17-8-7-11-21-19(17)23-12-5-3-4-6-13-23/h7-11,14H,3-6,12-13H2,1-2H3,(H,22,24). The highest BCUT2D eigenvalue weighted by Crippen LogP contribution is 2.23. The largest absolute Gasteiger partial charge is 0.356 e. The minimum atomic E-state index is -0.0870. The molecule has 1 aromatic carbocycles. The third kappa shape index (κ3) is 3.75. The van der Waals surface area contributed by atoms with Gasteiger partial charge in [-0.05, 0) is 56.0 Å². The van der Waals surface area contributed by atoms with Gasteiger partial charge in [0.25, 0.3) is 5.91 Å². The van der Waals surface area contributed by atoms with Crippen LogP contribution in [0, 0.1) is 13.8 Å². The van der Waals surface area contributed by atoms with E-state index in [1.54, 1.807) is 6.20 Å². The Labute approximate surface area is 143 Å². The van der Waals surface area contributed by atoms with E-state index in [0.29, 0.717) is 5.56 Å². The van der Waals surface area contributed by atoms with Gasteiger partial charge in [0.05, 0.1) is 5.56 Å². The molecule has 2 aromatic rings. The molecule has 1 N–H and O–H groups in total. The summed E-state index contributed by atoms with van der Waals surface area (Å²) in [6, 6.07) is 9.80. The molecule has 24 heavy (non-hydrogen) atoms. The van der Waals surface area contributed by atoms with Crippen molar-refractivity contribution < 1.29 is 4.79 Å². The number of benzene rings is 1. The van der Waals surface area contributed by atoms with Crippen molar-refractivity contribution in [2.75, 3.05) is 23.3 Å². The maximum atomic E-state index is 12.8. The zero-order valence-corrected chi connectivity index (χ0v) is 14.5. The van der Waals surface area contributed by atoms with Gasteiger partial charge >= 0.3 is 0 Å². The number of carbonyl (C=O) groups is 1. The molecule has 1 fully saturated rings. The van der Waals surface area contributed by atoms with Crippen LogP contribution in [0.1, 0.15) is 47.2 Å². The summed E-state index contributed by atoms with van der Waals surface area (Å²) in [5.74, 6) is 0.721. The number of hydrogen-bond acceptors (Lipinski definition) is 3. The Hall–Kier alpha value is -2.36. The first-order valence-corrected chi connectivity index (χ1v) is 8.74. The first-order valence-electron chi connectivity index (χ1n) is 8.74. The Bertz CT molecular complexity index is 719.